The van der Waals surface area contributed by atoms with Crippen molar-refractivity contribution in [2.45, 2.75) is 6.92 Å². The zero-order valence-corrected chi connectivity index (χ0v) is 35.7. The first-order chi connectivity index (χ1) is 32.2. The Morgan fingerprint density at radius 1 is 0.462 bits per heavy atom. The molecule has 0 spiro atoms. The summed E-state index contributed by atoms with van der Waals surface area (Å²) in [6, 6.07) is 68.0. The summed E-state index contributed by atoms with van der Waals surface area (Å²) in [4.78, 5) is 11.1. The average molecular weight is 829 g/mol. The van der Waals surface area contributed by atoms with E-state index in [9.17, 15) is 0 Å². The zero-order valence-electron chi connectivity index (χ0n) is 35.7. The Morgan fingerprint density at radius 2 is 1.03 bits per heavy atom. The van der Waals surface area contributed by atoms with Crippen molar-refractivity contribution in [3.05, 3.63) is 225 Å². The second-order valence-electron chi connectivity index (χ2n) is 16.8. The molecule has 13 rings (SSSR count). The summed E-state index contributed by atoms with van der Waals surface area (Å²) in [5, 5.41) is 15.2. The fraction of sp³-hybridized carbons (Fsp3) is 0.0164. The molecule has 4 heteroatoms. The predicted octanol–water partition coefficient (Wildman–Crippen LogP) is 16.2. The topological polar surface area (TPSA) is 35.6 Å². The van der Waals surface area contributed by atoms with Gasteiger partial charge < -0.3 is 9.13 Å². The minimum absolute atomic E-state index is 0.665. The van der Waals surface area contributed by atoms with Crippen molar-refractivity contribution < 1.29 is 0 Å². The number of rotatable bonds is 6. The van der Waals surface area contributed by atoms with E-state index >= 15 is 0 Å². The van der Waals surface area contributed by atoms with Gasteiger partial charge in [0.2, 0.25) is 0 Å². The molecule has 0 fully saturated rings. The van der Waals surface area contributed by atoms with Crippen molar-refractivity contribution >= 4 is 103 Å². The Morgan fingerprint density at radius 3 is 1.72 bits per heavy atom. The van der Waals surface area contributed by atoms with E-state index in [1.54, 1.807) is 0 Å². The van der Waals surface area contributed by atoms with E-state index in [2.05, 4.69) is 216 Å². The third-order valence-corrected chi connectivity index (χ3v) is 13.3. The lowest BCUT2D eigenvalue weighted by Crippen LogP contribution is -1.99. The second-order valence-corrected chi connectivity index (χ2v) is 16.8. The van der Waals surface area contributed by atoms with Gasteiger partial charge in [0.1, 0.15) is 0 Å². The Hall–Kier alpha value is -8.60. The number of benzene rings is 10. The molecule has 0 atom stereocenters. The number of fused-ring (bicyclic) bond motifs is 18. The summed E-state index contributed by atoms with van der Waals surface area (Å²) < 4.78 is 4.97. The molecule has 0 N–H and O–H groups in total. The van der Waals surface area contributed by atoms with Crippen molar-refractivity contribution in [3.63, 3.8) is 0 Å². The lowest BCUT2D eigenvalue weighted by atomic mass is 9.94. The van der Waals surface area contributed by atoms with Gasteiger partial charge >= 0.3 is 0 Å². The summed E-state index contributed by atoms with van der Waals surface area (Å²) in [6.07, 6.45) is 8.12. The van der Waals surface area contributed by atoms with Crippen LogP contribution < -0.4 is 0 Å². The molecule has 0 aliphatic heterocycles. The lowest BCUT2D eigenvalue weighted by molar-refractivity contribution is 1.18. The summed E-state index contributed by atoms with van der Waals surface area (Å²) in [6.45, 7) is 6.34. The SMILES string of the molecule is C=C/C(=C\C=C/C)c1nc(-c2ccc3c(c2)c2c4c5ccc6ccccc6c5n(-c5ccccc5)c4c4ccccc4c2n3-c2ccccc2)nc2c3ccccc3c3ccccc3c12. The van der Waals surface area contributed by atoms with Gasteiger partial charge in [0.25, 0.3) is 0 Å². The van der Waals surface area contributed by atoms with Crippen LogP contribution in [0.25, 0.3) is 126 Å². The van der Waals surface area contributed by atoms with Gasteiger partial charge in [0, 0.05) is 71.0 Å². The van der Waals surface area contributed by atoms with Gasteiger partial charge in [-0.3, -0.25) is 0 Å². The molecule has 4 nitrogen and oxygen atoms in total. The predicted molar refractivity (Wildman–Crippen MR) is 277 cm³/mol. The highest BCUT2D eigenvalue weighted by Gasteiger charge is 2.26. The van der Waals surface area contributed by atoms with Crippen LogP contribution in [0, 0.1) is 0 Å². The van der Waals surface area contributed by atoms with Crippen LogP contribution in [-0.2, 0) is 0 Å². The van der Waals surface area contributed by atoms with E-state index in [1.807, 2.05) is 19.1 Å². The first kappa shape index (κ1) is 37.0. The first-order valence-electron chi connectivity index (χ1n) is 22.2. The molecule has 0 amide bonds. The Labute approximate surface area is 375 Å². The number of hydrogen-bond acceptors (Lipinski definition) is 2. The first-order valence-corrected chi connectivity index (χ1v) is 22.2. The Bertz CT molecular complexity index is 4190. The molecule has 0 bridgehead atoms. The highest BCUT2D eigenvalue weighted by atomic mass is 15.0. The molecule has 0 saturated heterocycles. The van der Waals surface area contributed by atoms with E-state index in [-0.39, 0.29) is 0 Å². The quantitative estimate of drug-likeness (QED) is 0.124. The zero-order chi connectivity index (χ0) is 43.2. The summed E-state index contributed by atoms with van der Waals surface area (Å²) >= 11 is 0. The third kappa shape index (κ3) is 5.38. The lowest BCUT2D eigenvalue weighted by Gasteiger charge is -2.15. The molecule has 304 valence electrons. The van der Waals surface area contributed by atoms with Gasteiger partial charge in [0.15, 0.2) is 5.82 Å². The van der Waals surface area contributed by atoms with Gasteiger partial charge in [-0.05, 0) is 70.9 Å². The Kier molecular flexibility index (Phi) is 8.24. The molecular weight excluding hydrogens is 789 g/mol. The molecule has 3 heterocycles. The molecule has 0 radical (unpaired) electrons. The van der Waals surface area contributed by atoms with Crippen LogP contribution in [-0.4, -0.2) is 19.1 Å². The minimum Gasteiger partial charge on any atom is -0.309 e. The summed E-state index contributed by atoms with van der Waals surface area (Å²) in [7, 11) is 0. The van der Waals surface area contributed by atoms with E-state index in [1.165, 1.54) is 65.0 Å². The standard InChI is InChI=1S/C61H40N4/c1-3-5-20-38(4-2)56-55-46-29-16-14-27-44(46)45-28-15-17-30-47(45)57(55)63-61(62-56)40-34-36-52-51(37-40)54-53-50-35-33-39-21-12-13-26-43(39)58(50)65(42-24-10-7-11-25-42)60(53)49-32-19-18-31-48(49)59(54)64(52)41-22-8-6-9-23-41/h3-37H,2H2,1H3/b5-3-,38-20+. The number of nitrogens with zero attached hydrogens (tertiary/aromatic N) is 4. The van der Waals surface area contributed by atoms with E-state index in [4.69, 9.17) is 9.97 Å². The number of hydrogen-bond donors (Lipinski definition) is 0. The maximum atomic E-state index is 5.57. The van der Waals surface area contributed by atoms with Crippen LogP contribution in [0.1, 0.15) is 12.6 Å². The van der Waals surface area contributed by atoms with Crippen molar-refractivity contribution in [2.75, 3.05) is 0 Å². The average Bonchev–Trinajstić information content (AvgIpc) is 3.91. The van der Waals surface area contributed by atoms with Crippen LogP contribution in [0.3, 0.4) is 0 Å². The van der Waals surface area contributed by atoms with Crippen molar-refractivity contribution in [2.24, 2.45) is 0 Å². The van der Waals surface area contributed by atoms with Crippen LogP contribution in [0.5, 0.6) is 0 Å². The highest BCUT2D eigenvalue weighted by Crippen LogP contribution is 2.49. The van der Waals surface area contributed by atoms with Crippen LogP contribution in [0.15, 0.2) is 219 Å². The van der Waals surface area contributed by atoms with Crippen molar-refractivity contribution in [1.29, 1.82) is 0 Å². The second kappa shape index (κ2) is 14.5. The normalized spacial score (nSPS) is 12.5. The van der Waals surface area contributed by atoms with Gasteiger partial charge in [-0.25, -0.2) is 9.97 Å². The van der Waals surface area contributed by atoms with Gasteiger partial charge in [-0.2, -0.15) is 0 Å². The van der Waals surface area contributed by atoms with E-state index in [0.717, 1.165) is 60.8 Å². The Balaban J connectivity index is 1.24. The molecule has 13 aromatic rings. The van der Waals surface area contributed by atoms with E-state index in [0.29, 0.717) is 5.82 Å². The van der Waals surface area contributed by atoms with Crippen molar-refractivity contribution in [3.8, 4) is 22.8 Å². The van der Waals surface area contributed by atoms with Crippen LogP contribution in [0.2, 0.25) is 0 Å². The summed E-state index contributed by atoms with van der Waals surface area (Å²) in [5.74, 6) is 0.665. The molecule has 0 aliphatic rings. The smallest absolute Gasteiger partial charge is 0.160 e. The van der Waals surface area contributed by atoms with E-state index < -0.39 is 0 Å². The van der Waals surface area contributed by atoms with Gasteiger partial charge in [-0.15, -0.1) is 0 Å². The maximum Gasteiger partial charge on any atom is 0.160 e. The number of allylic oxidation sites excluding steroid dienone is 5. The highest BCUT2D eigenvalue weighted by molar-refractivity contribution is 6.39. The summed E-state index contributed by atoms with van der Waals surface area (Å²) in [5.41, 5.74) is 10.6. The van der Waals surface area contributed by atoms with Gasteiger partial charge in [0.05, 0.1) is 33.3 Å². The fourth-order valence-corrected chi connectivity index (χ4v) is 10.6. The number of aromatic nitrogens is 4. The molecular formula is C61H40N4. The molecule has 0 unspecified atom stereocenters. The monoisotopic (exact) mass is 828 g/mol. The largest absolute Gasteiger partial charge is 0.309 e. The van der Waals surface area contributed by atoms with Crippen LogP contribution in [0.4, 0.5) is 0 Å². The molecule has 0 aliphatic carbocycles. The maximum absolute atomic E-state index is 5.57. The molecule has 0 saturated carbocycles. The van der Waals surface area contributed by atoms with Gasteiger partial charge in [-0.1, -0.05) is 176 Å². The number of para-hydroxylation sites is 2. The molecule has 65 heavy (non-hydrogen) atoms. The molecule has 10 aromatic carbocycles. The minimum atomic E-state index is 0.665. The third-order valence-electron chi connectivity index (χ3n) is 13.3. The van der Waals surface area contributed by atoms with Crippen LogP contribution >= 0.6 is 0 Å². The fourth-order valence-electron chi connectivity index (χ4n) is 10.6. The van der Waals surface area contributed by atoms with Crippen molar-refractivity contribution in [1.82, 2.24) is 19.1 Å². The molecule has 3 aromatic heterocycles.